The SMILES string of the molecule is O=C(CSCc1ccc(Cl)cc1)NCc1ccc(Br)s1. The summed E-state index contributed by atoms with van der Waals surface area (Å²) in [4.78, 5) is 12.9. The molecule has 1 aromatic carbocycles. The van der Waals surface area contributed by atoms with Gasteiger partial charge < -0.3 is 5.32 Å². The summed E-state index contributed by atoms with van der Waals surface area (Å²) in [5.41, 5.74) is 1.18. The van der Waals surface area contributed by atoms with Crippen molar-refractivity contribution < 1.29 is 4.79 Å². The van der Waals surface area contributed by atoms with Gasteiger partial charge in [0.1, 0.15) is 0 Å². The van der Waals surface area contributed by atoms with Gasteiger partial charge in [-0.15, -0.1) is 23.1 Å². The molecular weight excluding hydrogens is 378 g/mol. The van der Waals surface area contributed by atoms with Gasteiger partial charge in [0.25, 0.3) is 0 Å². The van der Waals surface area contributed by atoms with Crippen LogP contribution in [0.25, 0.3) is 0 Å². The number of benzene rings is 1. The average molecular weight is 391 g/mol. The Labute approximate surface area is 140 Å². The van der Waals surface area contributed by atoms with Crippen LogP contribution in [0.1, 0.15) is 10.4 Å². The summed E-state index contributed by atoms with van der Waals surface area (Å²) in [5, 5.41) is 3.65. The van der Waals surface area contributed by atoms with Crippen LogP contribution in [0.5, 0.6) is 0 Å². The molecule has 0 saturated carbocycles. The molecule has 0 spiro atoms. The fourth-order valence-corrected chi connectivity index (χ4v) is 3.89. The minimum absolute atomic E-state index is 0.0634. The Balaban J connectivity index is 1.66. The molecule has 106 valence electrons. The highest BCUT2D eigenvalue weighted by Gasteiger charge is 2.03. The Morgan fingerprint density at radius 2 is 2.00 bits per heavy atom. The van der Waals surface area contributed by atoms with Crippen molar-refractivity contribution in [3.63, 3.8) is 0 Å². The molecule has 2 rings (SSSR count). The number of hydrogen-bond acceptors (Lipinski definition) is 3. The topological polar surface area (TPSA) is 29.1 Å². The molecule has 0 radical (unpaired) electrons. The number of carbonyl (C=O) groups excluding carboxylic acids is 1. The van der Waals surface area contributed by atoms with Crippen LogP contribution in [0.15, 0.2) is 40.2 Å². The zero-order valence-electron chi connectivity index (χ0n) is 10.6. The molecule has 6 heteroatoms. The van der Waals surface area contributed by atoms with Crippen LogP contribution in [0.2, 0.25) is 5.02 Å². The van der Waals surface area contributed by atoms with E-state index < -0.39 is 0 Å². The lowest BCUT2D eigenvalue weighted by Gasteiger charge is -2.04. The Bertz CT molecular complexity index is 571. The van der Waals surface area contributed by atoms with Gasteiger partial charge in [-0.1, -0.05) is 23.7 Å². The molecule has 0 unspecified atom stereocenters. The van der Waals surface area contributed by atoms with Crippen molar-refractivity contribution in [2.45, 2.75) is 12.3 Å². The summed E-state index contributed by atoms with van der Waals surface area (Å²) < 4.78 is 1.08. The first-order chi connectivity index (χ1) is 9.63. The minimum Gasteiger partial charge on any atom is -0.350 e. The second-order valence-electron chi connectivity index (χ2n) is 4.10. The number of amides is 1. The Morgan fingerprint density at radius 3 is 2.65 bits per heavy atom. The molecule has 0 aliphatic rings. The predicted octanol–water partition coefficient (Wildman–Crippen LogP) is 4.71. The summed E-state index contributed by atoms with van der Waals surface area (Å²) in [6, 6.07) is 11.7. The van der Waals surface area contributed by atoms with Gasteiger partial charge in [-0.3, -0.25) is 4.79 Å². The lowest BCUT2D eigenvalue weighted by molar-refractivity contribution is -0.118. The fourth-order valence-electron chi connectivity index (χ4n) is 1.53. The normalized spacial score (nSPS) is 10.5. The van der Waals surface area contributed by atoms with E-state index in [4.69, 9.17) is 11.6 Å². The van der Waals surface area contributed by atoms with Crippen LogP contribution in [0, 0.1) is 0 Å². The molecule has 1 aromatic heterocycles. The van der Waals surface area contributed by atoms with Gasteiger partial charge in [-0.05, 0) is 45.8 Å². The molecule has 1 N–H and O–H groups in total. The maximum absolute atomic E-state index is 11.7. The first kappa shape index (κ1) is 15.9. The van der Waals surface area contributed by atoms with Gasteiger partial charge in [0, 0.05) is 15.7 Å². The standard InChI is InChI=1S/C14H13BrClNOS2/c15-13-6-5-12(20-13)7-17-14(18)9-19-8-10-1-3-11(16)4-2-10/h1-6H,7-9H2,(H,17,18). The number of halogens is 2. The minimum atomic E-state index is 0.0634. The molecule has 20 heavy (non-hydrogen) atoms. The third-order valence-corrected chi connectivity index (χ3v) is 5.38. The van der Waals surface area contributed by atoms with Crippen molar-refractivity contribution in [2.75, 3.05) is 5.75 Å². The van der Waals surface area contributed by atoms with Gasteiger partial charge in [0.05, 0.1) is 16.1 Å². The molecule has 0 aliphatic carbocycles. The quantitative estimate of drug-likeness (QED) is 0.773. The van der Waals surface area contributed by atoms with Crippen LogP contribution in [-0.4, -0.2) is 11.7 Å². The van der Waals surface area contributed by atoms with E-state index in [1.165, 1.54) is 5.56 Å². The molecule has 0 fully saturated rings. The fraction of sp³-hybridized carbons (Fsp3) is 0.214. The highest BCUT2D eigenvalue weighted by molar-refractivity contribution is 9.11. The van der Waals surface area contributed by atoms with Gasteiger partial charge >= 0.3 is 0 Å². The van der Waals surface area contributed by atoms with Crippen molar-refractivity contribution in [3.8, 4) is 0 Å². The second-order valence-corrected chi connectivity index (χ2v) is 8.07. The van der Waals surface area contributed by atoms with Crippen LogP contribution >= 0.6 is 50.6 Å². The zero-order chi connectivity index (χ0) is 14.4. The molecule has 2 aromatic rings. The number of thioether (sulfide) groups is 1. The first-order valence-electron chi connectivity index (χ1n) is 5.96. The highest BCUT2D eigenvalue weighted by Crippen LogP contribution is 2.21. The van der Waals surface area contributed by atoms with Crippen LogP contribution < -0.4 is 5.32 Å². The molecule has 0 saturated heterocycles. The molecule has 0 atom stereocenters. The second kappa shape index (κ2) is 8.08. The third-order valence-electron chi connectivity index (χ3n) is 2.50. The molecule has 2 nitrogen and oxygen atoms in total. The monoisotopic (exact) mass is 389 g/mol. The van der Waals surface area contributed by atoms with E-state index in [0.717, 1.165) is 19.4 Å². The van der Waals surface area contributed by atoms with Gasteiger partial charge in [-0.25, -0.2) is 0 Å². The van der Waals surface area contributed by atoms with E-state index in [9.17, 15) is 4.79 Å². The number of hydrogen-bond donors (Lipinski definition) is 1. The van der Waals surface area contributed by atoms with Crippen molar-refractivity contribution in [3.05, 3.63) is 55.6 Å². The van der Waals surface area contributed by atoms with Crippen LogP contribution in [0.3, 0.4) is 0 Å². The van der Waals surface area contributed by atoms with E-state index in [0.29, 0.717) is 12.3 Å². The van der Waals surface area contributed by atoms with Crippen LogP contribution in [0.4, 0.5) is 0 Å². The van der Waals surface area contributed by atoms with Gasteiger partial charge in [0.2, 0.25) is 5.91 Å². The highest BCUT2D eigenvalue weighted by atomic mass is 79.9. The summed E-state index contributed by atoms with van der Waals surface area (Å²) in [7, 11) is 0. The zero-order valence-corrected chi connectivity index (χ0v) is 14.5. The smallest absolute Gasteiger partial charge is 0.230 e. The summed E-state index contributed by atoms with van der Waals surface area (Å²) >= 11 is 12.5. The van der Waals surface area contributed by atoms with Crippen molar-refractivity contribution >= 4 is 56.5 Å². The summed E-state index contributed by atoms with van der Waals surface area (Å²) in [6.07, 6.45) is 0. The van der Waals surface area contributed by atoms with E-state index in [1.807, 2.05) is 36.4 Å². The Kier molecular flexibility index (Phi) is 6.42. The largest absolute Gasteiger partial charge is 0.350 e. The van der Waals surface area contributed by atoms with E-state index >= 15 is 0 Å². The summed E-state index contributed by atoms with van der Waals surface area (Å²) in [5.74, 6) is 1.35. The molecule has 0 bridgehead atoms. The predicted molar refractivity (Wildman–Crippen MR) is 91.5 cm³/mol. The molecule has 1 heterocycles. The third kappa shape index (κ3) is 5.48. The lowest BCUT2D eigenvalue weighted by atomic mass is 10.2. The van der Waals surface area contributed by atoms with Crippen molar-refractivity contribution in [2.24, 2.45) is 0 Å². The Hall–Kier alpha value is -0.490. The molecule has 1 amide bonds. The number of nitrogens with one attached hydrogen (secondary N) is 1. The first-order valence-corrected chi connectivity index (χ1v) is 9.11. The average Bonchev–Trinajstić information content (AvgIpc) is 2.85. The van der Waals surface area contributed by atoms with Gasteiger partial charge in [0.15, 0.2) is 0 Å². The van der Waals surface area contributed by atoms with E-state index in [1.54, 1.807) is 23.1 Å². The molecular formula is C14H13BrClNOS2. The summed E-state index contributed by atoms with van der Waals surface area (Å²) in [6.45, 7) is 0.594. The number of rotatable bonds is 6. The van der Waals surface area contributed by atoms with Crippen LogP contribution in [-0.2, 0) is 17.1 Å². The van der Waals surface area contributed by atoms with E-state index in [-0.39, 0.29) is 5.91 Å². The van der Waals surface area contributed by atoms with Gasteiger partial charge in [-0.2, -0.15) is 0 Å². The van der Waals surface area contributed by atoms with Crippen molar-refractivity contribution in [1.82, 2.24) is 5.32 Å². The maximum atomic E-state index is 11.7. The lowest BCUT2D eigenvalue weighted by Crippen LogP contribution is -2.24. The number of thiophene rings is 1. The number of carbonyl (C=O) groups is 1. The van der Waals surface area contributed by atoms with E-state index in [2.05, 4.69) is 21.2 Å². The van der Waals surface area contributed by atoms with Crippen molar-refractivity contribution in [1.29, 1.82) is 0 Å². The Morgan fingerprint density at radius 1 is 1.25 bits per heavy atom. The molecule has 0 aliphatic heterocycles. The maximum Gasteiger partial charge on any atom is 0.230 e.